The molecule has 0 spiro atoms. The van der Waals surface area contributed by atoms with Crippen LogP contribution in [0.25, 0.3) is 0 Å². The summed E-state index contributed by atoms with van der Waals surface area (Å²) in [7, 11) is 0. The van der Waals surface area contributed by atoms with Gasteiger partial charge in [0.25, 0.3) is 0 Å². The van der Waals surface area contributed by atoms with Gasteiger partial charge in [-0.05, 0) is 49.6 Å². The molecule has 0 saturated carbocycles. The van der Waals surface area contributed by atoms with E-state index in [1.165, 1.54) is 11.1 Å². The summed E-state index contributed by atoms with van der Waals surface area (Å²) in [6.07, 6.45) is 6.60. The maximum absolute atomic E-state index is 6.31. The normalized spacial score (nSPS) is 14.0. The van der Waals surface area contributed by atoms with Gasteiger partial charge in [-0.3, -0.25) is 0 Å². The van der Waals surface area contributed by atoms with Crippen LogP contribution in [0.3, 0.4) is 0 Å². The van der Waals surface area contributed by atoms with Gasteiger partial charge >= 0.3 is 0 Å². The van der Waals surface area contributed by atoms with Crippen LogP contribution in [0.1, 0.15) is 49.4 Å². The van der Waals surface area contributed by atoms with Crippen LogP contribution < -0.4 is 11.1 Å². The van der Waals surface area contributed by atoms with E-state index in [1.54, 1.807) is 6.26 Å². The van der Waals surface area contributed by atoms with Crippen LogP contribution in [0.2, 0.25) is 0 Å². The van der Waals surface area contributed by atoms with Crippen LogP contribution >= 0.6 is 15.9 Å². The Morgan fingerprint density at radius 1 is 1.14 bits per heavy atom. The maximum atomic E-state index is 6.31. The Morgan fingerprint density at radius 3 is 2.52 bits per heavy atom. The summed E-state index contributed by atoms with van der Waals surface area (Å²) in [6.45, 7) is 3.18. The van der Waals surface area contributed by atoms with E-state index in [0.717, 1.165) is 30.3 Å². The summed E-state index contributed by atoms with van der Waals surface area (Å²) in [5.74, 6) is 0. The number of benzene rings is 1. The molecule has 0 aliphatic rings. The molecule has 1 heterocycles. The van der Waals surface area contributed by atoms with Crippen molar-refractivity contribution in [3.05, 3.63) is 58.5 Å². The van der Waals surface area contributed by atoms with Gasteiger partial charge in [-0.2, -0.15) is 0 Å². The molecule has 2 atom stereocenters. The Morgan fingerprint density at radius 2 is 1.90 bits per heavy atom. The van der Waals surface area contributed by atoms with Crippen LogP contribution in [0.5, 0.6) is 0 Å². The van der Waals surface area contributed by atoms with E-state index in [-0.39, 0.29) is 6.04 Å². The summed E-state index contributed by atoms with van der Waals surface area (Å²) in [5, 5.41) is 3.56. The predicted octanol–water partition coefficient (Wildman–Crippen LogP) is 4.56. The molecule has 3 N–H and O–H groups in total. The van der Waals surface area contributed by atoms with Crippen molar-refractivity contribution in [3.8, 4) is 0 Å². The third-order valence-corrected chi connectivity index (χ3v) is 4.18. The van der Waals surface area contributed by atoms with Gasteiger partial charge in [0.1, 0.15) is 0 Å². The molecule has 21 heavy (non-hydrogen) atoms. The molecular weight excluding hydrogens is 328 g/mol. The van der Waals surface area contributed by atoms with Crippen LogP contribution in [-0.2, 0) is 0 Å². The number of nitrogens with one attached hydrogen (secondary N) is 1. The highest BCUT2D eigenvalue weighted by Crippen LogP contribution is 2.25. The molecule has 0 radical (unpaired) electrons. The second kappa shape index (κ2) is 8.37. The standard InChI is InChI=1S/C17H23BrN2O/c1-2-10-20-17(14-9-11-21-12-14)8-7-16(19)13-3-5-15(18)6-4-13/h3-6,9,11-12,16-17,20H,2,7-8,10,19H2,1H3. The fourth-order valence-corrected chi connectivity index (χ4v) is 2.67. The van der Waals surface area contributed by atoms with Crippen LogP contribution in [0, 0.1) is 0 Å². The molecule has 0 bridgehead atoms. The first-order valence-corrected chi connectivity index (χ1v) is 8.26. The zero-order chi connectivity index (χ0) is 15.1. The van der Waals surface area contributed by atoms with E-state index < -0.39 is 0 Å². The Kier molecular flexibility index (Phi) is 6.49. The highest BCUT2D eigenvalue weighted by Gasteiger charge is 2.14. The van der Waals surface area contributed by atoms with E-state index in [0.29, 0.717) is 6.04 Å². The second-order valence-corrected chi connectivity index (χ2v) is 6.21. The SMILES string of the molecule is CCCNC(CCC(N)c1ccc(Br)cc1)c1ccoc1. The molecule has 2 rings (SSSR count). The first-order valence-electron chi connectivity index (χ1n) is 7.47. The molecule has 114 valence electrons. The number of hydrogen-bond donors (Lipinski definition) is 2. The quantitative estimate of drug-likeness (QED) is 0.733. The van der Waals surface area contributed by atoms with Crippen molar-refractivity contribution in [2.75, 3.05) is 6.54 Å². The van der Waals surface area contributed by atoms with Gasteiger partial charge in [-0.25, -0.2) is 0 Å². The molecule has 0 fully saturated rings. The summed E-state index contributed by atoms with van der Waals surface area (Å²) in [6, 6.07) is 10.7. The highest BCUT2D eigenvalue weighted by atomic mass is 79.9. The van der Waals surface area contributed by atoms with Crippen molar-refractivity contribution in [1.82, 2.24) is 5.32 Å². The van der Waals surface area contributed by atoms with Crippen LogP contribution in [-0.4, -0.2) is 6.54 Å². The van der Waals surface area contributed by atoms with Gasteiger partial charge in [-0.1, -0.05) is 35.0 Å². The minimum Gasteiger partial charge on any atom is -0.472 e. The fraction of sp³-hybridized carbons (Fsp3) is 0.412. The fourth-order valence-electron chi connectivity index (χ4n) is 2.40. The Labute approximate surface area is 135 Å². The Hall–Kier alpha value is -1.10. The van der Waals surface area contributed by atoms with Gasteiger partial charge in [0.2, 0.25) is 0 Å². The minimum absolute atomic E-state index is 0.0657. The minimum atomic E-state index is 0.0657. The van der Waals surface area contributed by atoms with E-state index >= 15 is 0 Å². The molecule has 0 amide bonds. The lowest BCUT2D eigenvalue weighted by Gasteiger charge is -2.20. The van der Waals surface area contributed by atoms with Gasteiger partial charge in [0.15, 0.2) is 0 Å². The van der Waals surface area contributed by atoms with E-state index in [2.05, 4.69) is 40.3 Å². The van der Waals surface area contributed by atoms with Gasteiger partial charge < -0.3 is 15.5 Å². The van der Waals surface area contributed by atoms with E-state index in [4.69, 9.17) is 10.2 Å². The van der Waals surface area contributed by atoms with E-state index in [9.17, 15) is 0 Å². The lowest BCUT2D eigenvalue weighted by atomic mass is 9.97. The summed E-state index contributed by atoms with van der Waals surface area (Å²) in [4.78, 5) is 0. The molecule has 0 aliphatic heterocycles. The van der Waals surface area contributed by atoms with Gasteiger partial charge in [-0.15, -0.1) is 0 Å². The van der Waals surface area contributed by atoms with Crippen molar-refractivity contribution < 1.29 is 4.42 Å². The second-order valence-electron chi connectivity index (χ2n) is 5.30. The predicted molar refractivity (Wildman–Crippen MR) is 90.0 cm³/mol. The lowest BCUT2D eigenvalue weighted by Crippen LogP contribution is -2.23. The molecule has 2 aromatic rings. The molecule has 3 nitrogen and oxygen atoms in total. The Balaban J connectivity index is 1.93. The molecule has 1 aromatic carbocycles. The molecule has 0 saturated heterocycles. The summed E-state index contributed by atoms with van der Waals surface area (Å²) < 4.78 is 6.29. The van der Waals surface area contributed by atoms with Crippen molar-refractivity contribution >= 4 is 15.9 Å². The zero-order valence-corrected chi connectivity index (χ0v) is 14.0. The molecule has 4 heteroatoms. The largest absolute Gasteiger partial charge is 0.472 e. The van der Waals surface area contributed by atoms with E-state index in [1.807, 2.05) is 24.5 Å². The highest BCUT2D eigenvalue weighted by molar-refractivity contribution is 9.10. The third kappa shape index (κ3) is 4.99. The van der Waals surface area contributed by atoms with Crippen molar-refractivity contribution in [1.29, 1.82) is 0 Å². The first kappa shape index (κ1) is 16.3. The molecule has 1 aromatic heterocycles. The molecular formula is C17H23BrN2O. The number of hydrogen-bond acceptors (Lipinski definition) is 3. The first-order chi connectivity index (χ1) is 10.2. The van der Waals surface area contributed by atoms with Crippen molar-refractivity contribution in [2.24, 2.45) is 5.73 Å². The van der Waals surface area contributed by atoms with Crippen molar-refractivity contribution in [3.63, 3.8) is 0 Å². The average molecular weight is 351 g/mol. The number of halogens is 1. The number of nitrogens with two attached hydrogens (primary N) is 1. The average Bonchev–Trinajstić information content (AvgIpc) is 3.02. The zero-order valence-electron chi connectivity index (χ0n) is 12.4. The summed E-state index contributed by atoms with van der Waals surface area (Å²) in [5.41, 5.74) is 8.69. The summed E-state index contributed by atoms with van der Waals surface area (Å²) >= 11 is 3.45. The number of furan rings is 1. The van der Waals surface area contributed by atoms with Gasteiger partial charge in [0, 0.05) is 22.1 Å². The molecule has 0 aliphatic carbocycles. The van der Waals surface area contributed by atoms with Gasteiger partial charge in [0.05, 0.1) is 12.5 Å². The molecule has 2 unspecified atom stereocenters. The third-order valence-electron chi connectivity index (χ3n) is 3.65. The topological polar surface area (TPSA) is 51.2 Å². The van der Waals surface area contributed by atoms with Crippen molar-refractivity contribution in [2.45, 2.75) is 38.3 Å². The van der Waals surface area contributed by atoms with Crippen LogP contribution in [0.15, 0.2) is 51.7 Å². The maximum Gasteiger partial charge on any atom is 0.0950 e. The number of rotatable bonds is 8. The lowest BCUT2D eigenvalue weighted by molar-refractivity contribution is 0.454. The smallest absolute Gasteiger partial charge is 0.0950 e. The Bertz CT molecular complexity index is 510. The van der Waals surface area contributed by atoms with Crippen LogP contribution in [0.4, 0.5) is 0 Å². The monoisotopic (exact) mass is 350 g/mol.